The van der Waals surface area contributed by atoms with Crippen LogP contribution in [0.4, 0.5) is 13.2 Å². The zero-order valence-corrected chi connectivity index (χ0v) is 9.47. The Morgan fingerprint density at radius 3 is 2.74 bits per heavy atom. The Morgan fingerprint density at radius 2 is 2.21 bits per heavy atom. The van der Waals surface area contributed by atoms with Crippen molar-refractivity contribution in [2.45, 2.75) is 6.18 Å². The fraction of sp³-hybridized carbons (Fsp3) is 0.200. The van der Waals surface area contributed by atoms with Gasteiger partial charge in [0.25, 0.3) is 5.95 Å². The molecule has 6 nitrogen and oxygen atoms in total. The maximum Gasteiger partial charge on any atom is 0.434 e. The number of hydrogen-bond donors (Lipinski definition) is 0. The summed E-state index contributed by atoms with van der Waals surface area (Å²) in [7, 11) is 0.971. The molecule has 2 heterocycles. The lowest BCUT2D eigenvalue weighted by Crippen LogP contribution is -2.19. The van der Waals surface area contributed by atoms with Crippen LogP contribution >= 0.6 is 0 Å². The lowest BCUT2D eigenvalue weighted by molar-refractivity contribution is -0.141. The van der Waals surface area contributed by atoms with Crippen molar-refractivity contribution in [1.82, 2.24) is 19.7 Å². The lowest BCUT2D eigenvalue weighted by Gasteiger charge is -2.11. The molecular weight excluding hydrogens is 265 g/mol. The molecule has 0 N–H and O–H groups in total. The molecule has 0 saturated heterocycles. The van der Waals surface area contributed by atoms with Crippen molar-refractivity contribution >= 4 is 5.97 Å². The van der Waals surface area contributed by atoms with E-state index in [0.717, 1.165) is 18.0 Å². The van der Waals surface area contributed by atoms with Gasteiger partial charge in [0, 0.05) is 18.5 Å². The first-order chi connectivity index (χ1) is 8.93. The Morgan fingerprint density at radius 1 is 1.47 bits per heavy atom. The summed E-state index contributed by atoms with van der Waals surface area (Å²) < 4.78 is 43.7. The van der Waals surface area contributed by atoms with E-state index in [1.165, 1.54) is 12.4 Å². The van der Waals surface area contributed by atoms with Crippen LogP contribution in [0.3, 0.4) is 0 Å². The van der Waals surface area contributed by atoms with Crippen molar-refractivity contribution in [2.24, 2.45) is 0 Å². The third kappa shape index (κ3) is 2.54. The quantitative estimate of drug-likeness (QED) is 0.769. The molecule has 2 aromatic heterocycles. The van der Waals surface area contributed by atoms with Crippen LogP contribution in [0.2, 0.25) is 0 Å². The molecule has 0 atom stereocenters. The molecule has 99 valence electrons. The average Bonchev–Trinajstić information content (AvgIpc) is 2.90. The number of ether oxygens (including phenoxy) is 1. The minimum Gasteiger partial charge on any atom is -0.465 e. The average molecular weight is 271 g/mol. The van der Waals surface area contributed by atoms with E-state index in [1.54, 1.807) is 0 Å². The highest BCUT2D eigenvalue weighted by Gasteiger charge is 2.38. The van der Waals surface area contributed by atoms with Crippen LogP contribution in [0.25, 0.3) is 5.95 Å². The number of nitrogens with zero attached hydrogens (tertiary/aromatic N) is 4. The fourth-order valence-corrected chi connectivity index (χ4v) is 1.30. The van der Waals surface area contributed by atoms with E-state index in [9.17, 15) is 18.0 Å². The van der Waals surface area contributed by atoms with Crippen LogP contribution in [0.15, 0.2) is 18.6 Å². The van der Waals surface area contributed by atoms with E-state index >= 15 is 0 Å². The third-order valence-corrected chi connectivity index (χ3v) is 2.11. The van der Waals surface area contributed by atoms with Crippen LogP contribution in [-0.4, -0.2) is 32.8 Å². The maximum absolute atomic E-state index is 12.8. The number of carbonyl (C=O) groups excluding carboxylic acids is 1. The highest BCUT2D eigenvalue weighted by atomic mass is 19.4. The first-order valence-electron chi connectivity index (χ1n) is 4.87. The molecule has 0 fully saturated rings. The summed E-state index contributed by atoms with van der Waals surface area (Å²) in [5, 5.41) is 3.66. The number of methoxy groups -OCH3 is 1. The van der Waals surface area contributed by atoms with Gasteiger partial charge in [-0.2, -0.15) is 18.3 Å². The van der Waals surface area contributed by atoms with Gasteiger partial charge in [-0.15, -0.1) is 0 Å². The summed E-state index contributed by atoms with van der Waals surface area (Å²) in [4.78, 5) is 18.2. The molecule has 2 aromatic rings. The van der Waals surface area contributed by atoms with Crippen molar-refractivity contribution in [2.75, 3.05) is 7.11 Å². The number of rotatable bonds is 2. The van der Waals surface area contributed by atoms with Gasteiger partial charge in [0.15, 0.2) is 5.69 Å². The molecule has 9 heteroatoms. The minimum atomic E-state index is -4.81. The summed E-state index contributed by atoms with van der Waals surface area (Å²) in [6.45, 7) is 0. The van der Waals surface area contributed by atoms with E-state index in [-0.39, 0.29) is 5.95 Å². The molecule has 0 aliphatic rings. The topological polar surface area (TPSA) is 69.9 Å². The van der Waals surface area contributed by atoms with Gasteiger partial charge in [-0.05, 0) is 0 Å². The van der Waals surface area contributed by atoms with Gasteiger partial charge in [-0.25, -0.2) is 19.4 Å². The molecule has 0 saturated carbocycles. The van der Waals surface area contributed by atoms with Crippen molar-refractivity contribution < 1.29 is 22.7 Å². The molecular formula is C10H6F3N4O2. The summed E-state index contributed by atoms with van der Waals surface area (Å²) in [5.74, 6) is -1.48. The second-order valence-corrected chi connectivity index (χ2v) is 3.31. The van der Waals surface area contributed by atoms with Gasteiger partial charge in [-0.1, -0.05) is 0 Å². The Hall–Kier alpha value is -2.45. The van der Waals surface area contributed by atoms with Gasteiger partial charge < -0.3 is 4.74 Å². The smallest absolute Gasteiger partial charge is 0.434 e. The Kier molecular flexibility index (Phi) is 3.19. The Balaban J connectivity index is 2.57. The molecule has 19 heavy (non-hydrogen) atoms. The summed E-state index contributed by atoms with van der Waals surface area (Å²) in [5.41, 5.74) is -2.13. The van der Waals surface area contributed by atoms with E-state index in [2.05, 4.69) is 25.9 Å². The van der Waals surface area contributed by atoms with Gasteiger partial charge in [0.05, 0.1) is 13.3 Å². The normalized spacial score (nSPS) is 11.4. The highest BCUT2D eigenvalue weighted by Crippen LogP contribution is 2.30. The Labute approximate surface area is 104 Å². The van der Waals surface area contributed by atoms with E-state index in [0.29, 0.717) is 0 Å². The van der Waals surface area contributed by atoms with Crippen LogP contribution in [-0.2, 0) is 10.9 Å². The maximum atomic E-state index is 12.8. The molecule has 0 aliphatic heterocycles. The molecule has 0 unspecified atom stereocenters. The first-order valence-corrected chi connectivity index (χ1v) is 4.87. The van der Waals surface area contributed by atoms with Crippen molar-refractivity contribution in [3.05, 3.63) is 35.9 Å². The minimum absolute atomic E-state index is 0.318. The first kappa shape index (κ1) is 13.0. The second-order valence-electron chi connectivity index (χ2n) is 3.31. The SMILES string of the molecule is COC(=O)c1cnc(-n2c[c]cn2)nc1C(F)(F)F. The number of hydrogen-bond acceptors (Lipinski definition) is 5. The fourth-order valence-electron chi connectivity index (χ4n) is 1.30. The predicted molar refractivity (Wildman–Crippen MR) is 54.3 cm³/mol. The zero-order valence-electron chi connectivity index (χ0n) is 9.47. The number of aromatic nitrogens is 4. The van der Waals surface area contributed by atoms with Gasteiger partial charge in [-0.3, -0.25) is 0 Å². The standard InChI is InChI=1S/C10H6F3N4O2/c1-19-8(18)6-5-14-9(17-4-2-3-15-17)16-7(6)10(11,12)13/h3-5H,1H3. The van der Waals surface area contributed by atoms with Crippen molar-refractivity contribution in [3.63, 3.8) is 0 Å². The Bertz CT molecular complexity index is 595. The van der Waals surface area contributed by atoms with Crippen molar-refractivity contribution in [1.29, 1.82) is 0 Å². The highest BCUT2D eigenvalue weighted by molar-refractivity contribution is 5.90. The zero-order chi connectivity index (χ0) is 14.0. The molecule has 2 rings (SSSR count). The molecule has 0 amide bonds. The van der Waals surface area contributed by atoms with E-state index < -0.39 is 23.4 Å². The molecule has 1 radical (unpaired) electrons. The molecule has 0 aliphatic carbocycles. The van der Waals surface area contributed by atoms with Gasteiger partial charge in [0.1, 0.15) is 5.56 Å². The van der Waals surface area contributed by atoms with E-state index in [4.69, 9.17) is 0 Å². The molecule has 0 spiro atoms. The van der Waals surface area contributed by atoms with Crippen molar-refractivity contribution in [3.8, 4) is 5.95 Å². The van der Waals surface area contributed by atoms with Crippen LogP contribution in [0.5, 0.6) is 0 Å². The lowest BCUT2D eigenvalue weighted by atomic mass is 10.2. The van der Waals surface area contributed by atoms with E-state index in [1.807, 2.05) is 0 Å². The number of esters is 1. The van der Waals surface area contributed by atoms with Crippen LogP contribution in [0, 0.1) is 6.07 Å². The molecule has 0 aromatic carbocycles. The van der Waals surface area contributed by atoms with Gasteiger partial charge in [0.2, 0.25) is 0 Å². The molecule has 0 bridgehead atoms. The van der Waals surface area contributed by atoms with Crippen LogP contribution < -0.4 is 0 Å². The predicted octanol–water partition coefficient (Wildman–Crippen LogP) is 1.27. The number of carbonyl (C=O) groups is 1. The monoisotopic (exact) mass is 271 g/mol. The summed E-state index contributed by atoms with van der Waals surface area (Å²) in [6.07, 6.45) is -1.56. The van der Waals surface area contributed by atoms with Crippen LogP contribution in [0.1, 0.15) is 16.1 Å². The summed E-state index contributed by atoms with van der Waals surface area (Å²) >= 11 is 0. The number of alkyl halides is 3. The largest absolute Gasteiger partial charge is 0.465 e. The summed E-state index contributed by atoms with van der Waals surface area (Å²) in [6, 6.07) is 2.53. The van der Waals surface area contributed by atoms with Gasteiger partial charge >= 0.3 is 12.1 Å². The second kappa shape index (κ2) is 4.67. The number of halogens is 3. The third-order valence-electron chi connectivity index (χ3n) is 2.11.